The Hall–Kier alpha value is -1.80. The molecule has 6 heteroatoms. The van der Waals surface area contributed by atoms with Crippen molar-refractivity contribution in [3.8, 4) is 5.75 Å². The molecule has 0 radical (unpaired) electrons. The van der Waals surface area contributed by atoms with Crippen molar-refractivity contribution in [2.24, 2.45) is 0 Å². The maximum Gasteiger partial charge on any atom is 0.293 e. The summed E-state index contributed by atoms with van der Waals surface area (Å²) in [5, 5.41) is -0.244. The van der Waals surface area contributed by atoms with Gasteiger partial charge >= 0.3 is 0 Å². The van der Waals surface area contributed by atoms with E-state index in [1.54, 1.807) is 6.08 Å². The number of carbonyl (C=O) groups is 2. The van der Waals surface area contributed by atoms with Crippen molar-refractivity contribution in [1.29, 1.82) is 0 Å². The summed E-state index contributed by atoms with van der Waals surface area (Å²) in [6, 6.07) is 15.3. The van der Waals surface area contributed by atoms with E-state index in [2.05, 4.69) is 22.6 Å². The van der Waals surface area contributed by atoms with E-state index in [9.17, 15) is 9.59 Å². The van der Waals surface area contributed by atoms with E-state index >= 15 is 0 Å². The number of halogens is 1. The van der Waals surface area contributed by atoms with Crippen molar-refractivity contribution in [2.75, 3.05) is 6.61 Å². The lowest BCUT2D eigenvalue weighted by molar-refractivity contribution is -0.123. The van der Waals surface area contributed by atoms with Crippen LogP contribution in [0.2, 0.25) is 0 Å². The van der Waals surface area contributed by atoms with Gasteiger partial charge in [0.15, 0.2) is 0 Å². The predicted molar refractivity (Wildman–Crippen MR) is 113 cm³/mol. The Kier molecular flexibility index (Phi) is 6.37. The topological polar surface area (TPSA) is 46.6 Å². The SMILES string of the molecule is CCCOc1ccccc1/C=C1/SC(=O)N(Cc2ccc(I)cc2)C1=O. The summed E-state index contributed by atoms with van der Waals surface area (Å²) in [5.74, 6) is 0.461. The van der Waals surface area contributed by atoms with Crippen molar-refractivity contribution >= 4 is 51.6 Å². The highest BCUT2D eigenvalue weighted by Crippen LogP contribution is 2.34. The minimum Gasteiger partial charge on any atom is -0.493 e. The number of nitrogens with zero attached hydrogens (tertiary/aromatic N) is 1. The van der Waals surface area contributed by atoms with Gasteiger partial charge < -0.3 is 4.74 Å². The minimum atomic E-state index is -0.260. The Balaban J connectivity index is 1.80. The first-order valence-corrected chi connectivity index (χ1v) is 10.2. The van der Waals surface area contributed by atoms with Gasteiger partial charge in [0, 0.05) is 9.13 Å². The van der Waals surface area contributed by atoms with Crippen LogP contribution >= 0.6 is 34.4 Å². The molecule has 1 saturated heterocycles. The number of ether oxygens (including phenoxy) is 1. The highest BCUT2D eigenvalue weighted by atomic mass is 127. The van der Waals surface area contributed by atoms with Crippen molar-refractivity contribution in [3.05, 3.63) is 68.1 Å². The summed E-state index contributed by atoms with van der Waals surface area (Å²) < 4.78 is 6.84. The molecule has 0 aromatic heterocycles. The summed E-state index contributed by atoms with van der Waals surface area (Å²) in [7, 11) is 0. The number of carbonyl (C=O) groups excluding carboxylic acids is 2. The Morgan fingerprint density at radius 1 is 1.12 bits per heavy atom. The number of thioether (sulfide) groups is 1. The van der Waals surface area contributed by atoms with Gasteiger partial charge in [-0.25, -0.2) is 0 Å². The second-order valence-corrected chi connectivity index (χ2v) is 8.02. The van der Waals surface area contributed by atoms with E-state index in [1.807, 2.05) is 55.5 Å². The molecule has 0 bridgehead atoms. The van der Waals surface area contributed by atoms with Gasteiger partial charge in [-0.05, 0) is 70.6 Å². The summed E-state index contributed by atoms with van der Waals surface area (Å²) in [6.45, 7) is 2.94. The molecule has 0 atom stereocenters. The molecule has 0 saturated carbocycles. The minimum absolute atomic E-state index is 0.244. The molecule has 134 valence electrons. The van der Waals surface area contributed by atoms with Crippen LogP contribution in [-0.2, 0) is 11.3 Å². The second-order valence-electron chi connectivity index (χ2n) is 5.78. The number of hydrogen-bond acceptors (Lipinski definition) is 4. The monoisotopic (exact) mass is 479 g/mol. The van der Waals surface area contributed by atoms with Gasteiger partial charge in [0.1, 0.15) is 5.75 Å². The van der Waals surface area contributed by atoms with E-state index in [4.69, 9.17) is 4.74 Å². The molecular formula is C20H18INO3S. The van der Waals surface area contributed by atoms with Gasteiger partial charge in [-0.1, -0.05) is 37.3 Å². The molecule has 1 aliphatic heterocycles. The fraction of sp³-hybridized carbons (Fsp3) is 0.200. The molecule has 2 amide bonds. The lowest BCUT2D eigenvalue weighted by Crippen LogP contribution is -2.27. The largest absolute Gasteiger partial charge is 0.493 e. The Labute approximate surface area is 170 Å². The van der Waals surface area contributed by atoms with Gasteiger partial charge in [-0.2, -0.15) is 0 Å². The van der Waals surface area contributed by atoms with Crippen LogP contribution in [0.1, 0.15) is 24.5 Å². The molecule has 0 spiro atoms. The van der Waals surface area contributed by atoms with Crippen molar-refractivity contribution in [3.63, 3.8) is 0 Å². The first-order chi connectivity index (χ1) is 12.6. The zero-order chi connectivity index (χ0) is 18.5. The first kappa shape index (κ1) is 19.0. The summed E-state index contributed by atoms with van der Waals surface area (Å²) >= 11 is 3.20. The van der Waals surface area contributed by atoms with Crippen molar-refractivity contribution in [1.82, 2.24) is 4.90 Å². The number of para-hydroxylation sites is 1. The number of hydrogen-bond donors (Lipinski definition) is 0. The Morgan fingerprint density at radius 3 is 2.58 bits per heavy atom. The molecule has 4 nitrogen and oxygen atoms in total. The summed E-state index contributed by atoms with van der Waals surface area (Å²) in [5.41, 5.74) is 1.74. The zero-order valence-corrected chi connectivity index (χ0v) is 17.2. The molecule has 1 aliphatic rings. The van der Waals surface area contributed by atoms with E-state index in [0.29, 0.717) is 11.5 Å². The molecule has 1 fully saturated rings. The van der Waals surface area contributed by atoms with Gasteiger partial charge in [-0.15, -0.1) is 0 Å². The highest BCUT2D eigenvalue weighted by Gasteiger charge is 2.35. The smallest absolute Gasteiger partial charge is 0.293 e. The normalized spacial score (nSPS) is 15.8. The highest BCUT2D eigenvalue weighted by molar-refractivity contribution is 14.1. The van der Waals surface area contributed by atoms with Gasteiger partial charge in [-0.3, -0.25) is 14.5 Å². The van der Waals surface area contributed by atoms with Gasteiger partial charge in [0.25, 0.3) is 11.1 Å². The molecule has 2 aromatic carbocycles. The van der Waals surface area contributed by atoms with Crippen LogP contribution in [0.15, 0.2) is 53.4 Å². The fourth-order valence-electron chi connectivity index (χ4n) is 2.49. The Bertz CT molecular complexity index is 848. The maximum absolute atomic E-state index is 12.7. The lowest BCUT2D eigenvalue weighted by atomic mass is 10.1. The molecular weight excluding hydrogens is 461 g/mol. The molecule has 0 N–H and O–H groups in total. The van der Waals surface area contributed by atoms with Crippen LogP contribution < -0.4 is 4.74 Å². The molecule has 3 rings (SSSR count). The van der Waals surface area contributed by atoms with Crippen LogP contribution in [0.3, 0.4) is 0 Å². The van der Waals surface area contributed by atoms with Crippen molar-refractivity contribution in [2.45, 2.75) is 19.9 Å². The summed E-state index contributed by atoms with van der Waals surface area (Å²) in [4.78, 5) is 26.7. The quantitative estimate of drug-likeness (QED) is 0.416. The van der Waals surface area contributed by atoms with Crippen molar-refractivity contribution < 1.29 is 14.3 Å². The standard InChI is InChI=1S/C20H18INO3S/c1-2-11-25-17-6-4-3-5-15(17)12-18-19(23)22(20(24)26-18)13-14-7-9-16(21)10-8-14/h3-10,12H,2,11,13H2,1H3/b18-12+. The van der Waals surface area contributed by atoms with E-state index in [0.717, 1.165) is 38.6 Å². The third-order valence-corrected chi connectivity index (χ3v) is 5.42. The number of imide groups is 1. The zero-order valence-electron chi connectivity index (χ0n) is 14.3. The van der Waals surface area contributed by atoms with Crippen LogP contribution in [0.5, 0.6) is 5.75 Å². The van der Waals surface area contributed by atoms with Gasteiger partial charge in [0.05, 0.1) is 18.1 Å². The lowest BCUT2D eigenvalue weighted by Gasteiger charge is -2.12. The molecule has 0 aliphatic carbocycles. The molecule has 2 aromatic rings. The van der Waals surface area contributed by atoms with E-state index in [-0.39, 0.29) is 17.7 Å². The third kappa shape index (κ3) is 4.48. The Morgan fingerprint density at radius 2 is 1.85 bits per heavy atom. The van der Waals surface area contributed by atoms with Crippen LogP contribution in [0.4, 0.5) is 4.79 Å². The number of rotatable bonds is 6. The number of benzene rings is 2. The van der Waals surface area contributed by atoms with Crippen LogP contribution in [0, 0.1) is 3.57 Å². The van der Waals surface area contributed by atoms with E-state index in [1.165, 1.54) is 4.90 Å². The predicted octanol–water partition coefficient (Wildman–Crippen LogP) is 5.32. The summed E-state index contributed by atoms with van der Waals surface area (Å²) in [6.07, 6.45) is 2.64. The van der Waals surface area contributed by atoms with Gasteiger partial charge in [0.2, 0.25) is 0 Å². The first-order valence-electron chi connectivity index (χ1n) is 8.30. The van der Waals surface area contributed by atoms with Crippen LogP contribution in [0.25, 0.3) is 6.08 Å². The second kappa shape index (κ2) is 8.73. The molecule has 26 heavy (non-hydrogen) atoms. The fourth-order valence-corrected chi connectivity index (χ4v) is 3.68. The average molecular weight is 479 g/mol. The molecule has 1 heterocycles. The third-order valence-electron chi connectivity index (χ3n) is 3.79. The van der Waals surface area contributed by atoms with Crippen LogP contribution in [-0.4, -0.2) is 22.7 Å². The maximum atomic E-state index is 12.7. The average Bonchev–Trinajstić information content (AvgIpc) is 2.90. The van der Waals surface area contributed by atoms with E-state index < -0.39 is 0 Å². The number of amides is 2. The molecule has 0 unspecified atom stereocenters.